The highest BCUT2D eigenvalue weighted by Crippen LogP contribution is 2.30. The van der Waals surface area contributed by atoms with Crippen LogP contribution in [0, 0.1) is 6.92 Å². The van der Waals surface area contributed by atoms with Gasteiger partial charge in [0.15, 0.2) is 0 Å². The second kappa shape index (κ2) is 7.05. The van der Waals surface area contributed by atoms with Crippen molar-refractivity contribution in [2.75, 3.05) is 18.0 Å². The Kier molecular flexibility index (Phi) is 4.70. The maximum Gasteiger partial charge on any atom is 0.417 e. The van der Waals surface area contributed by atoms with Gasteiger partial charge in [-0.25, -0.2) is 9.97 Å². The molecule has 1 N–H and O–H groups in total. The van der Waals surface area contributed by atoms with Gasteiger partial charge in [0.25, 0.3) is 5.91 Å². The Balaban J connectivity index is 1.40. The minimum absolute atomic E-state index is 0.0875. The van der Waals surface area contributed by atoms with Crippen molar-refractivity contribution in [3.63, 3.8) is 0 Å². The van der Waals surface area contributed by atoms with E-state index in [0.717, 1.165) is 27.5 Å². The Morgan fingerprint density at radius 1 is 1.29 bits per heavy atom. The molecule has 0 radical (unpaired) electrons. The molecule has 1 aliphatic rings. The number of anilines is 1. The lowest BCUT2D eigenvalue weighted by Crippen LogP contribution is -2.37. The summed E-state index contributed by atoms with van der Waals surface area (Å²) < 4.78 is 38.9. The molecule has 1 fully saturated rings. The first-order valence-electron chi connectivity index (χ1n) is 8.76. The lowest BCUT2D eigenvalue weighted by Gasteiger charge is -2.18. The van der Waals surface area contributed by atoms with E-state index in [1.807, 2.05) is 24.0 Å². The molecule has 28 heavy (non-hydrogen) atoms. The van der Waals surface area contributed by atoms with Crippen LogP contribution in [-0.4, -0.2) is 35.0 Å². The van der Waals surface area contributed by atoms with Crippen LogP contribution in [0.1, 0.15) is 27.3 Å². The van der Waals surface area contributed by atoms with Gasteiger partial charge in [-0.05, 0) is 43.7 Å². The number of hydrogen-bond acceptors (Lipinski definition) is 5. The van der Waals surface area contributed by atoms with E-state index in [2.05, 4.69) is 15.3 Å². The summed E-state index contributed by atoms with van der Waals surface area (Å²) in [5, 5.41) is 3.95. The van der Waals surface area contributed by atoms with Crippen LogP contribution in [0.25, 0.3) is 10.2 Å². The van der Waals surface area contributed by atoms with E-state index < -0.39 is 11.7 Å². The highest BCUT2D eigenvalue weighted by molar-refractivity contribution is 7.18. The Labute approximate surface area is 163 Å². The van der Waals surface area contributed by atoms with Crippen molar-refractivity contribution in [3.8, 4) is 0 Å². The van der Waals surface area contributed by atoms with E-state index >= 15 is 0 Å². The van der Waals surface area contributed by atoms with Crippen molar-refractivity contribution in [1.29, 1.82) is 0 Å². The number of carbonyl (C=O) groups excluding carboxylic acids is 1. The van der Waals surface area contributed by atoms with Crippen LogP contribution in [0.15, 0.2) is 36.5 Å². The predicted octanol–water partition coefficient (Wildman–Crippen LogP) is 4.03. The molecule has 2 aromatic heterocycles. The third-order valence-electron chi connectivity index (χ3n) is 4.68. The van der Waals surface area contributed by atoms with Gasteiger partial charge in [0.2, 0.25) is 0 Å². The molecule has 0 bridgehead atoms. The number of aryl methyl sites for hydroxylation is 1. The summed E-state index contributed by atoms with van der Waals surface area (Å²) in [6.45, 7) is 3.05. The van der Waals surface area contributed by atoms with Crippen LogP contribution in [0.3, 0.4) is 0 Å². The minimum atomic E-state index is -4.40. The SMILES string of the molecule is Cc1nc2ccc(C(=O)NC3CCN(c4ccc(C(F)(F)F)cn4)C3)cc2s1. The first kappa shape index (κ1) is 18.7. The summed E-state index contributed by atoms with van der Waals surface area (Å²) in [5.74, 6) is 0.312. The molecule has 3 aromatic rings. The Morgan fingerprint density at radius 2 is 2.11 bits per heavy atom. The molecule has 5 nitrogen and oxygen atoms in total. The summed E-state index contributed by atoms with van der Waals surface area (Å²) in [5.41, 5.74) is 0.677. The largest absolute Gasteiger partial charge is 0.417 e. The van der Waals surface area contributed by atoms with Crippen molar-refractivity contribution in [2.24, 2.45) is 0 Å². The zero-order valence-electron chi connectivity index (χ0n) is 15.0. The molecule has 4 rings (SSSR count). The summed E-state index contributed by atoms with van der Waals surface area (Å²) >= 11 is 1.54. The maximum absolute atomic E-state index is 12.7. The molecule has 0 spiro atoms. The normalized spacial score (nSPS) is 17.3. The molecule has 1 saturated heterocycles. The van der Waals surface area contributed by atoms with Crippen molar-refractivity contribution in [3.05, 3.63) is 52.7 Å². The Bertz CT molecular complexity index is 1020. The average molecular weight is 406 g/mol. The van der Waals surface area contributed by atoms with Gasteiger partial charge >= 0.3 is 6.18 Å². The number of rotatable bonds is 3. The highest BCUT2D eigenvalue weighted by atomic mass is 32.1. The number of nitrogens with one attached hydrogen (secondary N) is 1. The van der Waals surface area contributed by atoms with Crippen LogP contribution in [0.4, 0.5) is 19.0 Å². The molecule has 0 saturated carbocycles. The van der Waals surface area contributed by atoms with Gasteiger partial charge in [0.1, 0.15) is 5.82 Å². The number of nitrogens with zero attached hydrogens (tertiary/aromatic N) is 3. The molecular formula is C19H17F3N4OS. The molecule has 3 heterocycles. The van der Waals surface area contributed by atoms with Crippen LogP contribution in [-0.2, 0) is 6.18 Å². The van der Waals surface area contributed by atoms with Gasteiger partial charge in [-0.3, -0.25) is 4.79 Å². The van der Waals surface area contributed by atoms with E-state index in [0.29, 0.717) is 30.9 Å². The molecule has 1 unspecified atom stereocenters. The summed E-state index contributed by atoms with van der Waals surface area (Å²) in [7, 11) is 0. The van der Waals surface area contributed by atoms with E-state index in [4.69, 9.17) is 0 Å². The number of fused-ring (bicyclic) bond motifs is 1. The van der Waals surface area contributed by atoms with Crippen molar-refractivity contribution in [1.82, 2.24) is 15.3 Å². The number of carbonyl (C=O) groups is 1. The van der Waals surface area contributed by atoms with E-state index in [-0.39, 0.29) is 11.9 Å². The van der Waals surface area contributed by atoms with Crippen LogP contribution in [0.5, 0.6) is 0 Å². The van der Waals surface area contributed by atoms with Crippen LogP contribution >= 0.6 is 11.3 Å². The third-order valence-corrected chi connectivity index (χ3v) is 5.61. The van der Waals surface area contributed by atoms with Gasteiger partial charge < -0.3 is 10.2 Å². The highest BCUT2D eigenvalue weighted by Gasteiger charge is 2.31. The fourth-order valence-corrected chi connectivity index (χ4v) is 4.14. The maximum atomic E-state index is 12.7. The summed E-state index contributed by atoms with van der Waals surface area (Å²) in [6.07, 6.45) is -2.85. The number of benzene rings is 1. The minimum Gasteiger partial charge on any atom is -0.354 e. The predicted molar refractivity (Wildman–Crippen MR) is 102 cm³/mol. The van der Waals surface area contributed by atoms with Gasteiger partial charge in [0.05, 0.1) is 20.8 Å². The van der Waals surface area contributed by atoms with Crippen LogP contribution in [0.2, 0.25) is 0 Å². The fraction of sp³-hybridized carbons (Fsp3) is 0.316. The lowest BCUT2D eigenvalue weighted by atomic mass is 10.2. The van der Waals surface area contributed by atoms with Crippen molar-refractivity contribution >= 4 is 33.3 Å². The van der Waals surface area contributed by atoms with Gasteiger partial charge in [-0.2, -0.15) is 13.2 Å². The monoisotopic (exact) mass is 406 g/mol. The topological polar surface area (TPSA) is 58.1 Å². The number of hydrogen-bond donors (Lipinski definition) is 1. The number of thiazole rings is 1. The smallest absolute Gasteiger partial charge is 0.354 e. The summed E-state index contributed by atoms with van der Waals surface area (Å²) in [4.78, 5) is 22.7. The first-order valence-corrected chi connectivity index (χ1v) is 9.57. The first-order chi connectivity index (χ1) is 13.3. The average Bonchev–Trinajstić information content (AvgIpc) is 3.25. The number of aromatic nitrogens is 2. The van der Waals surface area contributed by atoms with E-state index in [9.17, 15) is 18.0 Å². The molecule has 1 aromatic carbocycles. The summed E-state index contributed by atoms with van der Waals surface area (Å²) in [6, 6.07) is 7.73. The lowest BCUT2D eigenvalue weighted by molar-refractivity contribution is -0.137. The van der Waals surface area contributed by atoms with Crippen LogP contribution < -0.4 is 10.2 Å². The number of alkyl halides is 3. The second-order valence-corrected chi connectivity index (χ2v) is 7.96. The fourth-order valence-electron chi connectivity index (χ4n) is 3.28. The molecular weight excluding hydrogens is 389 g/mol. The van der Waals surface area contributed by atoms with Gasteiger partial charge in [0, 0.05) is 30.9 Å². The van der Waals surface area contributed by atoms with Gasteiger partial charge in [-0.15, -0.1) is 11.3 Å². The number of amides is 1. The standard InChI is InChI=1S/C19H17F3N4OS/c1-11-24-15-4-2-12(8-16(15)28-11)18(27)25-14-6-7-26(10-14)17-5-3-13(9-23-17)19(20,21)22/h2-5,8-9,14H,6-7,10H2,1H3,(H,25,27). The zero-order chi connectivity index (χ0) is 19.9. The quantitative estimate of drug-likeness (QED) is 0.714. The van der Waals surface area contributed by atoms with Gasteiger partial charge in [-0.1, -0.05) is 0 Å². The molecule has 1 aliphatic heterocycles. The van der Waals surface area contributed by atoms with E-state index in [1.54, 1.807) is 6.07 Å². The molecule has 0 aliphatic carbocycles. The Morgan fingerprint density at radius 3 is 2.82 bits per heavy atom. The number of halogens is 3. The zero-order valence-corrected chi connectivity index (χ0v) is 15.8. The molecule has 9 heteroatoms. The van der Waals surface area contributed by atoms with Crippen molar-refractivity contribution in [2.45, 2.75) is 25.6 Å². The molecule has 1 amide bonds. The van der Waals surface area contributed by atoms with Crippen molar-refractivity contribution < 1.29 is 18.0 Å². The van der Waals surface area contributed by atoms with E-state index in [1.165, 1.54) is 17.4 Å². The second-order valence-electron chi connectivity index (χ2n) is 6.72. The third kappa shape index (κ3) is 3.80. The number of pyridine rings is 1. The Hall–Kier alpha value is -2.68. The molecule has 1 atom stereocenters. The molecule has 146 valence electrons.